The van der Waals surface area contributed by atoms with Crippen molar-refractivity contribution >= 4 is 18.0 Å². The Hall–Kier alpha value is -2.81. The molecule has 0 spiro atoms. The summed E-state index contributed by atoms with van der Waals surface area (Å²) in [5, 5.41) is 10.7. The number of carbonyl (C=O) groups is 3. The lowest BCUT2D eigenvalue weighted by Crippen LogP contribution is -2.54. The van der Waals surface area contributed by atoms with E-state index in [1.165, 1.54) is 26.0 Å². The van der Waals surface area contributed by atoms with E-state index in [0.29, 0.717) is 6.42 Å². The molecule has 1 aromatic carbocycles. The maximum absolute atomic E-state index is 13.1. The van der Waals surface area contributed by atoms with Gasteiger partial charge < -0.3 is 43.0 Å². The van der Waals surface area contributed by atoms with Gasteiger partial charge in [0, 0.05) is 27.2 Å². The van der Waals surface area contributed by atoms with Crippen LogP contribution in [0.15, 0.2) is 30.3 Å². The average Bonchev–Trinajstić information content (AvgIpc) is 3.41. The van der Waals surface area contributed by atoms with Crippen molar-refractivity contribution in [3.63, 3.8) is 0 Å². The average molecular weight is 598 g/mol. The molecule has 1 amide bonds. The number of esters is 2. The van der Waals surface area contributed by atoms with Gasteiger partial charge >= 0.3 is 18.0 Å². The quantitative estimate of drug-likeness (QED) is 0.129. The highest BCUT2D eigenvalue weighted by Gasteiger charge is 2.52. The highest BCUT2D eigenvalue weighted by atomic mass is 16.8. The number of amides is 1. The lowest BCUT2D eigenvalue weighted by molar-refractivity contribution is -0.236. The molecule has 2 fully saturated rings. The van der Waals surface area contributed by atoms with E-state index in [-0.39, 0.29) is 26.2 Å². The number of aliphatic hydroxyl groups is 1. The van der Waals surface area contributed by atoms with Crippen LogP contribution < -0.4 is 0 Å². The molecule has 2 saturated heterocycles. The van der Waals surface area contributed by atoms with Gasteiger partial charge in [-0.3, -0.25) is 14.5 Å². The maximum Gasteiger partial charge on any atom is 0.411 e. The van der Waals surface area contributed by atoms with Crippen LogP contribution in [0, 0.1) is 0 Å². The van der Waals surface area contributed by atoms with Gasteiger partial charge in [-0.2, -0.15) is 0 Å². The summed E-state index contributed by atoms with van der Waals surface area (Å²) in [5.41, 5.74) is 0.816. The maximum atomic E-state index is 13.1. The topological polar surface area (TPSA) is 149 Å². The molecule has 2 heterocycles. The van der Waals surface area contributed by atoms with Gasteiger partial charge in [0.15, 0.2) is 24.5 Å². The SMILES string of the molecule is CCCCOC([C@@H](CC(=O)OC)O[C@@H](OC)C1C(COC(C)=O)OC(=O)N1Cc1ccccc1)[C@@H]1OC(C)(C)O[C@H]1O. The summed E-state index contributed by atoms with van der Waals surface area (Å²) in [4.78, 5) is 38.7. The number of rotatable bonds is 16. The minimum absolute atomic E-state index is 0.148. The van der Waals surface area contributed by atoms with Crippen molar-refractivity contribution < 1.29 is 57.4 Å². The Labute approximate surface area is 246 Å². The molecule has 0 aliphatic carbocycles. The van der Waals surface area contributed by atoms with Crippen molar-refractivity contribution in [1.82, 2.24) is 4.90 Å². The van der Waals surface area contributed by atoms with Gasteiger partial charge in [0.05, 0.1) is 13.5 Å². The molecule has 0 radical (unpaired) electrons. The number of unbranched alkanes of at least 4 members (excludes halogenated alkanes) is 1. The molecule has 3 rings (SSSR count). The molecule has 13 heteroatoms. The molecule has 2 aliphatic heterocycles. The molecule has 3 unspecified atom stereocenters. The number of hydrogen-bond acceptors (Lipinski definition) is 12. The number of benzene rings is 1. The number of ether oxygens (including phenoxy) is 8. The van der Waals surface area contributed by atoms with Crippen molar-refractivity contribution in [2.45, 2.75) is 102 Å². The molecule has 1 N–H and O–H groups in total. The third-order valence-corrected chi connectivity index (χ3v) is 6.89. The van der Waals surface area contributed by atoms with Gasteiger partial charge in [0.2, 0.25) is 0 Å². The third kappa shape index (κ3) is 9.09. The van der Waals surface area contributed by atoms with Crippen molar-refractivity contribution in [3.8, 4) is 0 Å². The van der Waals surface area contributed by atoms with Crippen molar-refractivity contribution in [2.75, 3.05) is 27.4 Å². The predicted octanol–water partition coefficient (Wildman–Crippen LogP) is 2.52. The van der Waals surface area contributed by atoms with Gasteiger partial charge in [-0.25, -0.2) is 4.79 Å². The van der Waals surface area contributed by atoms with Crippen molar-refractivity contribution in [2.24, 2.45) is 0 Å². The molecule has 236 valence electrons. The van der Waals surface area contributed by atoms with Crippen LogP contribution in [0.3, 0.4) is 0 Å². The molecule has 7 atom stereocenters. The first-order valence-electron chi connectivity index (χ1n) is 14.0. The van der Waals surface area contributed by atoms with Crippen LogP contribution in [0.25, 0.3) is 0 Å². The molecule has 0 aromatic heterocycles. The zero-order chi connectivity index (χ0) is 30.9. The molecule has 42 heavy (non-hydrogen) atoms. The Bertz CT molecular complexity index is 1020. The van der Waals surface area contributed by atoms with Crippen LogP contribution in [-0.4, -0.2) is 104 Å². The smallest absolute Gasteiger partial charge is 0.411 e. The summed E-state index contributed by atoms with van der Waals surface area (Å²) in [5.74, 6) is -2.28. The fourth-order valence-electron chi connectivity index (χ4n) is 4.91. The molecule has 2 aliphatic rings. The summed E-state index contributed by atoms with van der Waals surface area (Å²) in [7, 11) is 2.62. The zero-order valence-corrected chi connectivity index (χ0v) is 25.1. The minimum Gasteiger partial charge on any atom is -0.469 e. The number of aliphatic hydroxyl groups excluding tert-OH is 1. The first kappa shape index (κ1) is 33.7. The lowest BCUT2D eigenvalue weighted by Gasteiger charge is -2.37. The van der Waals surface area contributed by atoms with E-state index in [2.05, 4.69) is 0 Å². The zero-order valence-electron chi connectivity index (χ0n) is 25.1. The second kappa shape index (κ2) is 15.6. The Morgan fingerprint density at radius 3 is 2.43 bits per heavy atom. The first-order chi connectivity index (χ1) is 20.0. The van der Waals surface area contributed by atoms with Crippen molar-refractivity contribution in [1.29, 1.82) is 0 Å². The van der Waals surface area contributed by atoms with Gasteiger partial charge in [-0.1, -0.05) is 43.7 Å². The van der Waals surface area contributed by atoms with Gasteiger partial charge in [-0.05, 0) is 25.8 Å². The second-order valence-electron chi connectivity index (χ2n) is 10.6. The van der Waals surface area contributed by atoms with Crippen LogP contribution in [0.4, 0.5) is 4.79 Å². The first-order valence-corrected chi connectivity index (χ1v) is 14.0. The Morgan fingerprint density at radius 2 is 1.86 bits per heavy atom. The summed E-state index contributed by atoms with van der Waals surface area (Å²) < 4.78 is 45.6. The molecular formula is C29H43NO12. The van der Waals surface area contributed by atoms with E-state index in [9.17, 15) is 19.5 Å². The summed E-state index contributed by atoms with van der Waals surface area (Å²) in [6, 6.07) is 8.34. The van der Waals surface area contributed by atoms with E-state index >= 15 is 0 Å². The number of cyclic esters (lactones) is 1. The standard InChI is InChI=1S/C29H43NO12/c1-7-8-14-37-24(25-26(33)42-29(3,4)41-25)20(15-22(32)35-5)39-27(36-6)23-21(17-38-18(2)31)40-28(34)30(23)16-19-12-10-9-11-13-19/h9-13,20-21,23-27,33H,7-8,14-17H2,1-6H3/t20-,21?,23?,24?,25+,26-,27-/m1/s1. The van der Waals surface area contributed by atoms with Gasteiger partial charge in [-0.15, -0.1) is 0 Å². The van der Waals surface area contributed by atoms with Crippen LogP contribution in [0.1, 0.15) is 52.5 Å². The Morgan fingerprint density at radius 1 is 1.14 bits per heavy atom. The van der Waals surface area contributed by atoms with Gasteiger partial charge in [0.1, 0.15) is 31.0 Å². The van der Waals surface area contributed by atoms with E-state index in [1.54, 1.807) is 13.8 Å². The monoisotopic (exact) mass is 597 g/mol. The van der Waals surface area contributed by atoms with Gasteiger partial charge in [0.25, 0.3) is 0 Å². The van der Waals surface area contributed by atoms with E-state index in [1.807, 2.05) is 37.3 Å². The number of methoxy groups -OCH3 is 2. The highest BCUT2D eigenvalue weighted by molar-refractivity contribution is 5.71. The Balaban J connectivity index is 1.97. The lowest BCUT2D eigenvalue weighted by atomic mass is 10.0. The predicted molar refractivity (Wildman–Crippen MR) is 146 cm³/mol. The molecule has 0 bridgehead atoms. The number of carbonyl (C=O) groups excluding carboxylic acids is 3. The fraction of sp³-hybridized carbons (Fsp3) is 0.690. The van der Waals surface area contributed by atoms with Crippen LogP contribution in [0.2, 0.25) is 0 Å². The number of nitrogens with zero attached hydrogens (tertiary/aromatic N) is 1. The Kier molecular flexibility index (Phi) is 12.5. The molecule has 13 nitrogen and oxygen atoms in total. The molecule has 0 saturated carbocycles. The van der Waals surface area contributed by atoms with Crippen LogP contribution in [0.5, 0.6) is 0 Å². The van der Waals surface area contributed by atoms with E-state index in [0.717, 1.165) is 12.0 Å². The number of hydrogen-bond donors (Lipinski definition) is 1. The van der Waals surface area contributed by atoms with Crippen LogP contribution >= 0.6 is 0 Å². The normalized spacial score (nSPS) is 25.5. The fourth-order valence-corrected chi connectivity index (χ4v) is 4.91. The molecule has 1 aromatic rings. The van der Waals surface area contributed by atoms with Crippen molar-refractivity contribution in [3.05, 3.63) is 35.9 Å². The summed E-state index contributed by atoms with van der Waals surface area (Å²) in [6.45, 7) is 6.73. The molecular weight excluding hydrogens is 554 g/mol. The van der Waals surface area contributed by atoms with E-state index in [4.69, 9.17) is 37.9 Å². The third-order valence-electron chi connectivity index (χ3n) is 6.89. The van der Waals surface area contributed by atoms with Crippen LogP contribution in [-0.2, 0) is 54.0 Å². The highest BCUT2D eigenvalue weighted by Crippen LogP contribution is 2.34. The second-order valence-corrected chi connectivity index (χ2v) is 10.6. The van der Waals surface area contributed by atoms with E-state index < -0.39 is 66.9 Å². The summed E-state index contributed by atoms with van der Waals surface area (Å²) >= 11 is 0. The summed E-state index contributed by atoms with van der Waals surface area (Å²) in [6.07, 6.45) is -6.06. The largest absolute Gasteiger partial charge is 0.469 e. The minimum atomic E-state index is -1.38.